The van der Waals surface area contributed by atoms with E-state index in [2.05, 4.69) is 36.7 Å². The van der Waals surface area contributed by atoms with Gasteiger partial charge in [-0.25, -0.2) is 0 Å². The monoisotopic (exact) mass is 651 g/mol. The number of pyridine rings is 1. The smallest absolute Gasteiger partial charge is 0.268 e. The van der Waals surface area contributed by atoms with Gasteiger partial charge in [0.15, 0.2) is 0 Å². The molecule has 3 N–H and O–H groups in total. The number of methoxy groups -OCH3 is 1. The summed E-state index contributed by atoms with van der Waals surface area (Å²) in [7, 11) is 3.16. The van der Waals surface area contributed by atoms with Gasteiger partial charge in [0.1, 0.15) is 16.4 Å². The number of rotatable bonds is 6. The molecule has 1 saturated carbocycles. The van der Waals surface area contributed by atoms with Crippen molar-refractivity contribution in [2.24, 2.45) is 5.73 Å². The minimum absolute atomic E-state index is 0.0860. The predicted molar refractivity (Wildman–Crippen MR) is 201 cm³/mol. The molecule has 0 unspecified atom stereocenters. The predicted octanol–water partition coefficient (Wildman–Crippen LogP) is 11.0. The lowest BCUT2D eigenvalue weighted by Gasteiger charge is -2.34. The van der Waals surface area contributed by atoms with Gasteiger partial charge in [0.05, 0.1) is 7.11 Å². The summed E-state index contributed by atoms with van der Waals surface area (Å²) < 4.78 is 6.62. The third kappa shape index (κ3) is 12.1. The molecule has 0 aliphatic heterocycles. The van der Waals surface area contributed by atoms with Crippen molar-refractivity contribution in [3.8, 4) is 22.6 Å². The Balaban J connectivity index is 0.00000166. The molecule has 0 atom stereocenters. The summed E-state index contributed by atoms with van der Waals surface area (Å²) >= 11 is 1.37. The van der Waals surface area contributed by atoms with E-state index in [9.17, 15) is 9.90 Å². The number of aryl methyl sites for hydroxylation is 1. The number of fused-ring (bicyclic) bond motifs is 1. The number of ether oxygens (including phenoxy) is 1. The van der Waals surface area contributed by atoms with Crippen molar-refractivity contribution in [2.75, 3.05) is 14.2 Å². The minimum atomic E-state index is -0.111. The Morgan fingerprint density at radius 2 is 1.52 bits per heavy atom. The molecule has 0 saturated heterocycles. The molecular formula is C39H61N3O3S. The molecule has 0 radical (unpaired) electrons. The van der Waals surface area contributed by atoms with E-state index in [1.807, 2.05) is 102 Å². The van der Waals surface area contributed by atoms with Gasteiger partial charge in [0, 0.05) is 45.7 Å². The van der Waals surface area contributed by atoms with E-state index < -0.39 is 0 Å². The van der Waals surface area contributed by atoms with Crippen LogP contribution in [0.3, 0.4) is 0 Å². The Labute approximate surface area is 284 Å². The van der Waals surface area contributed by atoms with Gasteiger partial charge in [-0.15, -0.1) is 11.3 Å². The molecule has 7 heteroatoms. The fourth-order valence-electron chi connectivity index (χ4n) is 4.97. The molecule has 1 amide bonds. The molecule has 0 spiro atoms. The van der Waals surface area contributed by atoms with Gasteiger partial charge in [-0.3, -0.25) is 9.78 Å². The quantitative estimate of drug-likeness (QED) is 0.217. The normalized spacial score (nSPS) is 11.7. The summed E-state index contributed by atoms with van der Waals surface area (Å²) in [6.45, 7) is 18.6. The van der Waals surface area contributed by atoms with Crippen molar-refractivity contribution in [3.05, 3.63) is 76.9 Å². The Bertz CT molecular complexity index is 1360. The van der Waals surface area contributed by atoms with Gasteiger partial charge in [0.2, 0.25) is 0 Å². The first-order valence-electron chi connectivity index (χ1n) is 17.2. The highest BCUT2D eigenvalue weighted by atomic mass is 32.1. The molecule has 2 heterocycles. The van der Waals surface area contributed by atoms with Gasteiger partial charge in [-0.2, -0.15) is 0 Å². The number of aromatic hydroxyl groups is 1. The van der Waals surface area contributed by atoms with Gasteiger partial charge in [-0.1, -0.05) is 105 Å². The summed E-state index contributed by atoms with van der Waals surface area (Å²) in [4.78, 5) is 20.8. The van der Waals surface area contributed by atoms with Crippen molar-refractivity contribution >= 4 is 27.3 Å². The zero-order chi connectivity index (χ0) is 35.1. The number of thiophene rings is 1. The molecule has 0 bridgehead atoms. The molecular weight excluding hydrogens is 591 g/mol. The molecule has 256 valence electrons. The first kappa shape index (κ1) is 42.6. The number of benzene rings is 2. The summed E-state index contributed by atoms with van der Waals surface area (Å²) in [6, 6.07) is 17.9. The number of aromatic nitrogens is 1. The number of carbonyl (C=O) groups excluding carboxylic acids is 1. The van der Waals surface area contributed by atoms with E-state index in [0.29, 0.717) is 11.4 Å². The van der Waals surface area contributed by atoms with Crippen LogP contribution < -0.4 is 10.5 Å². The second kappa shape index (κ2) is 24.8. The van der Waals surface area contributed by atoms with Gasteiger partial charge in [-0.05, 0) is 62.7 Å². The second-order valence-corrected chi connectivity index (χ2v) is 11.0. The number of nitrogens with zero attached hydrogens (tertiary/aromatic N) is 2. The van der Waals surface area contributed by atoms with Crippen LogP contribution in [0.5, 0.6) is 11.5 Å². The lowest BCUT2D eigenvalue weighted by atomic mass is 9.93. The number of nitrogens with two attached hydrogens (primary N) is 1. The van der Waals surface area contributed by atoms with Crippen LogP contribution in [0.25, 0.3) is 21.2 Å². The second-order valence-electron chi connectivity index (χ2n) is 9.92. The Hall–Kier alpha value is -3.42. The van der Waals surface area contributed by atoms with Gasteiger partial charge in [0.25, 0.3) is 5.91 Å². The molecule has 6 nitrogen and oxygen atoms in total. The highest BCUT2D eigenvalue weighted by Crippen LogP contribution is 2.39. The van der Waals surface area contributed by atoms with E-state index in [0.717, 1.165) is 63.9 Å². The molecule has 1 fully saturated rings. The third-order valence-corrected chi connectivity index (χ3v) is 8.05. The van der Waals surface area contributed by atoms with E-state index in [-0.39, 0.29) is 17.7 Å². The highest BCUT2D eigenvalue weighted by molar-refractivity contribution is 7.21. The average molecular weight is 652 g/mol. The molecule has 46 heavy (non-hydrogen) atoms. The van der Waals surface area contributed by atoms with Crippen LogP contribution in [-0.2, 0) is 6.54 Å². The summed E-state index contributed by atoms with van der Waals surface area (Å²) in [5, 5.41) is 11.7. The number of carbonyl (C=O) groups is 1. The van der Waals surface area contributed by atoms with Crippen molar-refractivity contribution in [1.29, 1.82) is 0 Å². The first-order chi connectivity index (χ1) is 22.5. The maximum atomic E-state index is 14.0. The summed E-state index contributed by atoms with van der Waals surface area (Å²) in [5.41, 5.74) is 8.48. The van der Waals surface area contributed by atoms with Crippen LogP contribution in [0.1, 0.15) is 115 Å². The SMILES string of the molecule is CC.CC.CC.CCC.CN.COc1ccc(-c2ccc(C)nc2)cc1CN(C(=O)c1sc2ccccc2c1O)C1CCCCC1. The Morgan fingerprint density at radius 1 is 0.935 bits per heavy atom. The minimum Gasteiger partial charge on any atom is -0.506 e. The lowest BCUT2D eigenvalue weighted by Crippen LogP contribution is -2.40. The van der Waals surface area contributed by atoms with E-state index >= 15 is 0 Å². The largest absolute Gasteiger partial charge is 0.506 e. The van der Waals surface area contributed by atoms with Crippen molar-refractivity contribution in [3.63, 3.8) is 0 Å². The van der Waals surface area contributed by atoms with E-state index in [1.165, 1.54) is 31.2 Å². The molecule has 1 aliphatic carbocycles. The number of hydrogen-bond donors (Lipinski definition) is 2. The average Bonchev–Trinajstić information content (AvgIpc) is 3.47. The summed E-state index contributed by atoms with van der Waals surface area (Å²) in [5.74, 6) is 0.728. The van der Waals surface area contributed by atoms with Crippen LogP contribution >= 0.6 is 11.3 Å². The van der Waals surface area contributed by atoms with Gasteiger partial charge < -0.3 is 20.5 Å². The van der Waals surface area contributed by atoms with Crippen LogP contribution in [0.15, 0.2) is 60.8 Å². The van der Waals surface area contributed by atoms with Crippen molar-refractivity contribution in [1.82, 2.24) is 9.88 Å². The zero-order valence-corrected chi connectivity index (χ0v) is 31.3. The fourth-order valence-corrected chi connectivity index (χ4v) is 6.02. The zero-order valence-electron chi connectivity index (χ0n) is 30.4. The van der Waals surface area contributed by atoms with Crippen LogP contribution in [0.4, 0.5) is 0 Å². The standard InChI is InChI=1S/C29H30N2O3S.C3H8.3C2H6.CH5N/c1-19-12-13-21(17-30-19)20-14-15-25(34-2)22(16-20)18-31(23-8-4-3-5-9-23)29(33)28-27(32)24-10-6-7-11-26(24)35-28;1-3-2;4*1-2/h6-7,10-17,23,32H,3-5,8-9,18H2,1-2H3;3H2,1-2H3;3*1-2H3;2H2,1H3. The van der Waals surface area contributed by atoms with Crippen molar-refractivity contribution in [2.45, 2.75) is 113 Å². The summed E-state index contributed by atoms with van der Waals surface area (Å²) in [6.07, 6.45) is 8.49. The molecule has 5 rings (SSSR count). The number of hydrogen-bond acceptors (Lipinski definition) is 6. The third-order valence-electron chi connectivity index (χ3n) is 6.91. The van der Waals surface area contributed by atoms with Crippen LogP contribution in [0.2, 0.25) is 0 Å². The maximum absolute atomic E-state index is 14.0. The topological polar surface area (TPSA) is 88.7 Å². The number of amides is 1. The Morgan fingerprint density at radius 3 is 2.07 bits per heavy atom. The molecule has 2 aromatic carbocycles. The van der Waals surface area contributed by atoms with Crippen molar-refractivity contribution < 1.29 is 14.6 Å². The maximum Gasteiger partial charge on any atom is 0.268 e. The van der Waals surface area contributed by atoms with E-state index in [1.54, 1.807) is 7.11 Å². The first-order valence-corrected chi connectivity index (χ1v) is 18.0. The Kier molecular flexibility index (Phi) is 22.9. The van der Waals surface area contributed by atoms with Crippen LogP contribution in [-0.4, -0.2) is 41.1 Å². The lowest BCUT2D eigenvalue weighted by molar-refractivity contribution is 0.0615. The van der Waals surface area contributed by atoms with Crippen LogP contribution in [0, 0.1) is 6.92 Å². The molecule has 1 aliphatic rings. The molecule has 4 aromatic rings. The van der Waals surface area contributed by atoms with Gasteiger partial charge >= 0.3 is 0 Å². The fraction of sp³-hybridized carbons (Fsp3) is 0.487. The molecule has 2 aromatic heterocycles. The highest BCUT2D eigenvalue weighted by Gasteiger charge is 2.30. The van der Waals surface area contributed by atoms with E-state index in [4.69, 9.17) is 4.74 Å².